The number of carbonyl (C=O) groups excluding carboxylic acids is 2. The average Bonchev–Trinajstić information content (AvgIpc) is 2.63. The molecule has 20 heavy (non-hydrogen) atoms. The minimum atomic E-state index is -0.643. The third kappa shape index (κ3) is 2.40. The molecule has 0 aliphatic carbocycles. The highest BCUT2D eigenvalue weighted by Gasteiger charge is 2.51. The molecule has 1 saturated heterocycles. The van der Waals surface area contributed by atoms with E-state index in [0.717, 1.165) is 5.56 Å². The maximum absolute atomic E-state index is 12.6. The van der Waals surface area contributed by atoms with Gasteiger partial charge in [0.05, 0.1) is 0 Å². The number of benzene rings is 1. The number of amides is 2. The Hall–Kier alpha value is -1.55. The molecule has 4 nitrogen and oxygen atoms in total. The van der Waals surface area contributed by atoms with E-state index >= 15 is 0 Å². The highest BCUT2D eigenvalue weighted by molar-refractivity contribution is 6.63. The molecule has 5 heteroatoms. The maximum atomic E-state index is 12.6. The topological polar surface area (TPSA) is 40.6 Å². The van der Waals surface area contributed by atoms with Gasteiger partial charge in [0.25, 0.3) is 5.91 Å². The van der Waals surface area contributed by atoms with E-state index < -0.39 is 11.4 Å². The van der Waals surface area contributed by atoms with Gasteiger partial charge >= 0.3 is 5.37 Å². The van der Waals surface area contributed by atoms with Crippen molar-refractivity contribution in [2.75, 3.05) is 7.05 Å². The van der Waals surface area contributed by atoms with Gasteiger partial charge in [-0.1, -0.05) is 51.1 Å². The Morgan fingerprint density at radius 1 is 1.20 bits per heavy atom. The quantitative estimate of drug-likeness (QED) is 0.589. The zero-order valence-corrected chi connectivity index (χ0v) is 12.9. The molecule has 1 aromatic rings. The fourth-order valence-corrected chi connectivity index (χ4v) is 3.08. The summed E-state index contributed by atoms with van der Waals surface area (Å²) in [5.41, 5.74) is 0.503. The van der Waals surface area contributed by atoms with E-state index in [9.17, 15) is 9.59 Å². The molecular formula is C15H19ClN2O2. The first-order chi connectivity index (χ1) is 9.25. The van der Waals surface area contributed by atoms with Crippen LogP contribution in [0.5, 0.6) is 0 Å². The van der Waals surface area contributed by atoms with Crippen molar-refractivity contribution in [2.24, 2.45) is 5.41 Å². The molecular weight excluding hydrogens is 276 g/mol. The zero-order valence-electron chi connectivity index (χ0n) is 12.1. The van der Waals surface area contributed by atoms with E-state index in [-0.39, 0.29) is 17.5 Å². The molecule has 0 bridgehead atoms. The minimum absolute atomic E-state index is 0.106. The SMILES string of the molecule is CN1C(=O)[C@@H](c2ccccc2)N(C(=O)Cl)[C@@H]1C(C)(C)C. The van der Waals surface area contributed by atoms with Crippen LogP contribution in [-0.4, -0.2) is 34.3 Å². The van der Waals surface area contributed by atoms with Crippen LogP contribution in [0.3, 0.4) is 0 Å². The van der Waals surface area contributed by atoms with Gasteiger partial charge in [0, 0.05) is 12.5 Å². The molecule has 2 rings (SSSR count). The fourth-order valence-electron chi connectivity index (χ4n) is 2.89. The summed E-state index contributed by atoms with van der Waals surface area (Å²) in [7, 11) is 1.72. The van der Waals surface area contributed by atoms with Crippen molar-refractivity contribution in [3.8, 4) is 0 Å². The van der Waals surface area contributed by atoms with Crippen LogP contribution in [0.15, 0.2) is 30.3 Å². The Kier molecular flexibility index (Phi) is 3.78. The first-order valence-corrected chi connectivity index (χ1v) is 6.92. The lowest BCUT2D eigenvalue weighted by Gasteiger charge is -2.37. The van der Waals surface area contributed by atoms with E-state index in [1.807, 2.05) is 51.1 Å². The lowest BCUT2D eigenvalue weighted by atomic mass is 9.91. The molecule has 1 aromatic carbocycles. The van der Waals surface area contributed by atoms with E-state index in [2.05, 4.69) is 0 Å². The van der Waals surface area contributed by atoms with Crippen LogP contribution in [0.1, 0.15) is 32.4 Å². The van der Waals surface area contributed by atoms with Gasteiger partial charge in [-0.2, -0.15) is 0 Å². The Morgan fingerprint density at radius 2 is 1.75 bits per heavy atom. The summed E-state index contributed by atoms with van der Waals surface area (Å²) in [6.07, 6.45) is -0.356. The van der Waals surface area contributed by atoms with Crippen LogP contribution in [0.25, 0.3) is 0 Å². The highest BCUT2D eigenvalue weighted by Crippen LogP contribution is 2.40. The van der Waals surface area contributed by atoms with E-state index in [1.54, 1.807) is 11.9 Å². The predicted molar refractivity (Wildman–Crippen MR) is 78.3 cm³/mol. The lowest BCUT2D eigenvalue weighted by molar-refractivity contribution is -0.129. The molecule has 0 spiro atoms. The highest BCUT2D eigenvalue weighted by atomic mass is 35.5. The first kappa shape index (κ1) is 14.9. The van der Waals surface area contributed by atoms with Gasteiger partial charge < -0.3 is 4.90 Å². The van der Waals surface area contributed by atoms with Crippen molar-refractivity contribution in [1.82, 2.24) is 9.80 Å². The van der Waals surface area contributed by atoms with E-state index in [0.29, 0.717) is 0 Å². The summed E-state index contributed by atoms with van der Waals surface area (Å²) < 4.78 is 0. The van der Waals surface area contributed by atoms with Gasteiger partial charge in [-0.15, -0.1) is 0 Å². The summed E-state index contributed by atoms with van der Waals surface area (Å²) in [5, 5.41) is -0.600. The molecule has 1 aliphatic rings. The average molecular weight is 295 g/mol. The summed E-state index contributed by atoms with van der Waals surface area (Å²) in [6.45, 7) is 5.96. The fraction of sp³-hybridized carbons (Fsp3) is 0.467. The summed E-state index contributed by atoms with van der Waals surface area (Å²) in [5.74, 6) is -0.106. The second-order valence-electron chi connectivity index (χ2n) is 6.16. The molecule has 0 saturated carbocycles. The van der Waals surface area contributed by atoms with Gasteiger partial charge in [0.1, 0.15) is 12.2 Å². The monoisotopic (exact) mass is 294 g/mol. The Morgan fingerprint density at radius 3 is 2.20 bits per heavy atom. The van der Waals surface area contributed by atoms with Gasteiger partial charge in [0.2, 0.25) is 0 Å². The van der Waals surface area contributed by atoms with Crippen LogP contribution in [0.2, 0.25) is 0 Å². The number of rotatable bonds is 1. The van der Waals surface area contributed by atoms with Crippen molar-refractivity contribution >= 4 is 22.9 Å². The van der Waals surface area contributed by atoms with Crippen molar-refractivity contribution in [2.45, 2.75) is 33.0 Å². The Balaban J connectivity index is 2.51. The maximum Gasteiger partial charge on any atom is 0.318 e. The van der Waals surface area contributed by atoms with Crippen LogP contribution < -0.4 is 0 Å². The number of nitrogens with zero attached hydrogens (tertiary/aromatic N) is 2. The molecule has 0 aromatic heterocycles. The minimum Gasteiger partial charge on any atom is -0.322 e. The van der Waals surface area contributed by atoms with Gasteiger partial charge in [-0.25, -0.2) is 0 Å². The molecule has 0 unspecified atom stereocenters. The number of carbonyl (C=O) groups is 2. The van der Waals surface area contributed by atoms with Crippen LogP contribution in [0, 0.1) is 5.41 Å². The second-order valence-corrected chi connectivity index (χ2v) is 6.49. The predicted octanol–water partition coefficient (Wildman–Crippen LogP) is 3.23. The Bertz CT molecular complexity index is 524. The molecule has 2 amide bonds. The van der Waals surface area contributed by atoms with Crippen molar-refractivity contribution in [1.29, 1.82) is 0 Å². The standard InChI is InChI=1S/C15H19ClN2O2/c1-15(2,3)13-17(4)12(19)11(18(13)14(16)20)10-8-6-5-7-9-10/h5-9,11,13H,1-4H3/t11-,13-/m1/s1. The van der Waals surface area contributed by atoms with Gasteiger partial charge in [-0.3, -0.25) is 14.5 Å². The van der Waals surface area contributed by atoms with Crippen molar-refractivity contribution in [3.63, 3.8) is 0 Å². The molecule has 1 heterocycles. The molecule has 108 valence electrons. The zero-order chi connectivity index (χ0) is 15.1. The van der Waals surface area contributed by atoms with Crippen molar-refractivity contribution in [3.05, 3.63) is 35.9 Å². The summed E-state index contributed by atoms with van der Waals surface area (Å²) in [4.78, 5) is 27.5. The van der Waals surface area contributed by atoms with Crippen LogP contribution in [-0.2, 0) is 4.79 Å². The van der Waals surface area contributed by atoms with E-state index in [1.165, 1.54) is 4.90 Å². The number of hydrogen-bond donors (Lipinski definition) is 0. The molecule has 1 fully saturated rings. The Labute approximate surface area is 124 Å². The van der Waals surface area contributed by atoms with Crippen LogP contribution in [0.4, 0.5) is 4.79 Å². The normalized spacial score (nSPS) is 23.4. The molecule has 2 atom stereocenters. The summed E-state index contributed by atoms with van der Waals surface area (Å²) >= 11 is 5.77. The van der Waals surface area contributed by atoms with Crippen molar-refractivity contribution < 1.29 is 9.59 Å². The number of hydrogen-bond acceptors (Lipinski definition) is 2. The summed E-state index contributed by atoms with van der Waals surface area (Å²) in [6, 6.07) is 8.62. The third-order valence-corrected chi connectivity index (χ3v) is 3.78. The molecule has 0 N–H and O–H groups in total. The molecule has 0 radical (unpaired) electrons. The number of likely N-dealkylation sites (N-methyl/N-ethyl adjacent to an activating group) is 1. The van der Waals surface area contributed by atoms with Crippen LogP contribution >= 0.6 is 11.6 Å². The largest absolute Gasteiger partial charge is 0.322 e. The van der Waals surface area contributed by atoms with Gasteiger partial charge in [0.15, 0.2) is 0 Å². The third-order valence-electron chi connectivity index (χ3n) is 3.58. The number of halogens is 1. The van der Waals surface area contributed by atoms with E-state index in [4.69, 9.17) is 11.6 Å². The second kappa shape index (κ2) is 5.09. The molecule has 1 aliphatic heterocycles. The van der Waals surface area contributed by atoms with Gasteiger partial charge in [-0.05, 0) is 17.2 Å². The lowest BCUT2D eigenvalue weighted by Crippen LogP contribution is -2.48. The first-order valence-electron chi connectivity index (χ1n) is 6.54. The smallest absolute Gasteiger partial charge is 0.318 e.